The molecule has 0 aliphatic carbocycles. The van der Waals surface area contributed by atoms with Crippen LogP contribution in [0, 0.1) is 13.8 Å². The van der Waals surface area contributed by atoms with E-state index in [2.05, 4.69) is 42.9 Å². The fourth-order valence-electron chi connectivity index (χ4n) is 1.43. The van der Waals surface area contributed by atoms with E-state index in [-0.39, 0.29) is 0 Å². The van der Waals surface area contributed by atoms with Gasteiger partial charge in [-0.05, 0) is 41.2 Å². The molecule has 2 N–H and O–H groups in total. The summed E-state index contributed by atoms with van der Waals surface area (Å²) in [5.41, 5.74) is 3.20. The van der Waals surface area contributed by atoms with Crippen LogP contribution in [-0.4, -0.2) is 10.2 Å². The van der Waals surface area contributed by atoms with Crippen LogP contribution >= 0.6 is 27.3 Å². The van der Waals surface area contributed by atoms with Crippen LogP contribution in [0.4, 0.5) is 5.69 Å². The van der Waals surface area contributed by atoms with E-state index in [1.165, 1.54) is 9.35 Å². The van der Waals surface area contributed by atoms with Gasteiger partial charge in [-0.15, -0.1) is 11.3 Å². The zero-order valence-electron chi connectivity index (χ0n) is 8.60. The zero-order valence-corrected chi connectivity index (χ0v) is 11.0. The Kier molecular flexibility index (Phi) is 3.11. The summed E-state index contributed by atoms with van der Waals surface area (Å²) in [5.74, 6) is 0. The molecule has 2 heterocycles. The molecule has 5 heteroatoms. The lowest BCUT2D eigenvalue weighted by Gasteiger charge is -2.04. The van der Waals surface area contributed by atoms with Gasteiger partial charge in [-0.2, -0.15) is 5.10 Å². The highest BCUT2D eigenvalue weighted by Gasteiger charge is 2.07. The second-order valence-electron chi connectivity index (χ2n) is 3.35. The van der Waals surface area contributed by atoms with Crippen molar-refractivity contribution in [2.75, 3.05) is 5.32 Å². The molecule has 0 aliphatic heterocycles. The fourth-order valence-corrected chi connectivity index (χ4v) is 2.86. The number of hydrogen-bond acceptors (Lipinski definition) is 3. The van der Waals surface area contributed by atoms with E-state index in [9.17, 15) is 0 Å². The number of H-pyrrole nitrogens is 1. The third-order valence-corrected chi connectivity index (χ3v) is 4.17. The lowest BCUT2D eigenvalue weighted by molar-refractivity contribution is 1.02. The first-order chi connectivity index (χ1) is 7.18. The number of aromatic amines is 1. The van der Waals surface area contributed by atoms with Crippen LogP contribution in [-0.2, 0) is 6.54 Å². The number of hydrogen-bond donors (Lipinski definition) is 2. The molecule has 0 unspecified atom stereocenters. The molecule has 0 spiro atoms. The lowest BCUT2D eigenvalue weighted by atomic mass is 10.3. The van der Waals surface area contributed by atoms with Crippen LogP contribution in [0.3, 0.4) is 0 Å². The maximum Gasteiger partial charge on any atom is 0.0825 e. The van der Waals surface area contributed by atoms with Gasteiger partial charge in [0.05, 0.1) is 23.6 Å². The number of aromatic nitrogens is 2. The van der Waals surface area contributed by atoms with E-state index in [4.69, 9.17) is 0 Å². The number of rotatable bonds is 3. The van der Waals surface area contributed by atoms with Crippen molar-refractivity contribution in [3.8, 4) is 0 Å². The third kappa shape index (κ3) is 2.23. The van der Waals surface area contributed by atoms with E-state index in [0.29, 0.717) is 0 Å². The van der Waals surface area contributed by atoms with Gasteiger partial charge >= 0.3 is 0 Å². The largest absolute Gasteiger partial charge is 0.377 e. The highest BCUT2D eigenvalue weighted by molar-refractivity contribution is 9.10. The Labute approximate surface area is 101 Å². The van der Waals surface area contributed by atoms with E-state index in [0.717, 1.165) is 23.6 Å². The Bertz CT molecular complexity index is 441. The van der Waals surface area contributed by atoms with Gasteiger partial charge in [0.1, 0.15) is 0 Å². The Balaban J connectivity index is 2.08. The van der Waals surface area contributed by atoms with Crippen LogP contribution in [0.1, 0.15) is 16.3 Å². The zero-order chi connectivity index (χ0) is 10.8. The Morgan fingerprint density at radius 1 is 1.53 bits per heavy atom. The summed E-state index contributed by atoms with van der Waals surface area (Å²) in [6.45, 7) is 4.85. The molecule has 0 amide bonds. The van der Waals surface area contributed by atoms with Gasteiger partial charge < -0.3 is 5.32 Å². The Morgan fingerprint density at radius 3 is 2.87 bits per heavy atom. The molecule has 0 aliphatic rings. The number of anilines is 1. The monoisotopic (exact) mass is 285 g/mol. The van der Waals surface area contributed by atoms with E-state index in [1.807, 2.05) is 13.8 Å². The molecule has 0 saturated heterocycles. The molecule has 3 nitrogen and oxygen atoms in total. The van der Waals surface area contributed by atoms with Gasteiger partial charge in [0.25, 0.3) is 0 Å². The summed E-state index contributed by atoms with van der Waals surface area (Å²) in [6, 6.07) is 2.07. The van der Waals surface area contributed by atoms with Gasteiger partial charge in [0.15, 0.2) is 0 Å². The van der Waals surface area contributed by atoms with Crippen LogP contribution < -0.4 is 5.32 Å². The van der Waals surface area contributed by atoms with Crippen molar-refractivity contribution in [1.82, 2.24) is 10.2 Å². The minimum absolute atomic E-state index is 0.833. The number of nitrogens with one attached hydrogen (secondary N) is 2. The normalized spacial score (nSPS) is 10.6. The summed E-state index contributed by atoms with van der Waals surface area (Å²) in [4.78, 5) is 1.30. The summed E-state index contributed by atoms with van der Waals surface area (Å²) in [5, 5.41) is 12.6. The first-order valence-electron chi connectivity index (χ1n) is 4.66. The highest BCUT2D eigenvalue weighted by atomic mass is 79.9. The second kappa shape index (κ2) is 4.37. The molecule has 2 aromatic rings. The van der Waals surface area contributed by atoms with E-state index in [1.54, 1.807) is 11.3 Å². The molecule has 0 saturated carbocycles. The average Bonchev–Trinajstić information content (AvgIpc) is 2.73. The van der Waals surface area contributed by atoms with Crippen LogP contribution in [0.15, 0.2) is 15.9 Å². The molecule has 0 atom stereocenters. The van der Waals surface area contributed by atoms with Crippen molar-refractivity contribution in [3.63, 3.8) is 0 Å². The molecular formula is C10H12BrN3S. The van der Waals surface area contributed by atoms with Gasteiger partial charge in [-0.3, -0.25) is 5.10 Å². The summed E-state index contributed by atoms with van der Waals surface area (Å²) in [7, 11) is 0. The Morgan fingerprint density at radius 2 is 2.33 bits per heavy atom. The molecule has 0 radical (unpaired) electrons. The molecule has 0 bridgehead atoms. The van der Waals surface area contributed by atoms with Crippen LogP contribution in [0.5, 0.6) is 0 Å². The molecule has 2 aromatic heterocycles. The van der Waals surface area contributed by atoms with Gasteiger partial charge in [-0.25, -0.2) is 0 Å². The summed E-state index contributed by atoms with van der Waals surface area (Å²) < 4.78 is 1.17. The molecule has 2 rings (SSSR count). The molecule has 80 valence electrons. The van der Waals surface area contributed by atoms with Crippen molar-refractivity contribution in [2.24, 2.45) is 0 Å². The highest BCUT2D eigenvalue weighted by Crippen LogP contribution is 2.24. The number of halogens is 1. The first kappa shape index (κ1) is 10.7. The quantitative estimate of drug-likeness (QED) is 0.907. The van der Waals surface area contributed by atoms with Gasteiger partial charge in [0, 0.05) is 9.35 Å². The van der Waals surface area contributed by atoms with Crippen molar-refractivity contribution in [3.05, 3.63) is 32.2 Å². The van der Waals surface area contributed by atoms with Crippen molar-refractivity contribution in [1.29, 1.82) is 0 Å². The molecule has 15 heavy (non-hydrogen) atoms. The summed E-state index contributed by atoms with van der Waals surface area (Å²) >= 11 is 5.26. The van der Waals surface area contributed by atoms with Crippen LogP contribution in [0.25, 0.3) is 0 Å². The van der Waals surface area contributed by atoms with Crippen LogP contribution in [0.2, 0.25) is 0 Å². The van der Waals surface area contributed by atoms with E-state index < -0.39 is 0 Å². The van der Waals surface area contributed by atoms with Crippen molar-refractivity contribution < 1.29 is 0 Å². The smallest absolute Gasteiger partial charge is 0.0825 e. The van der Waals surface area contributed by atoms with Crippen molar-refractivity contribution >= 4 is 33.0 Å². The SMILES string of the molecule is Cc1n[nH]c(C)c1NCc1sccc1Br. The number of nitrogens with zero attached hydrogens (tertiary/aromatic N) is 1. The minimum Gasteiger partial charge on any atom is -0.377 e. The molecular weight excluding hydrogens is 274 g/mol. The number of thiophene rings is 1. The second-order valence-corrected chi connectivity index (χ2v) is 5.21. The predicted octanol–water partition coefficient (Wildman–Crippen LogP) is 3.46. The first-order valence-corrected chi connectivity index (χ1v) is 6.33. The van der Waals surface area contributed by atoms with Gasteiger partial charge in [0.2, 0.25) is 0 Å². The standard InChI is InChI=1S/C10H12BrN3S/c1-6-10(7(2)14-13-6)12-5-9-8(11)3-4-15-9/h3-4,12H,5H2,1-2H3,(H,13,14). The van der Waals surface area contributed by atoms with Gasteiger partial charge in [-0.1, -0.05) is 0 Å². The Hall–Kier alpha value is -0.810. The lowest BCUT2D eigenvalue weighted by Crippen LogP contribution is -1.99. The third-order valence-electron chi connectivity index (χ3n) is 2.24. The average molecular weight is 286 g/mol. The predicted molar refractivity (Wildman–Crippen MR) is 67.4 cm³/mol. The fraction of sp³-hybridized carbons (Fsp3) is 0.300. The minimum atomic E-state index is 0.833. The van der Waals surface area contributed by atoms with Crippen molar-refractivity contribution in [2.45, 2.75) is 20.4 Å². The molecule has 0 aromatic carbocycles. The molecule has 0 fully saturated rings. The number of aryl methyl sites for hydroxylation is 2. The maximum absolute atomic E-state index is 4.14. The maximum atomic E-state index is 4.14. The summed E-state index contributed by atoms with van der Waals surface area (Å²) in [6.07, 6.45) is 0. The topological polar surface area (TPSA) is 40.7 Å². The van der Waals surface area contributed by atoms with E-state index >= 15 is 0 Å².